The van der Waals surface area contributed by atoms with E-state index in [0.29, 0.717) is 22.4 Å². The highest BCUT2D eigenvalue weighted by Gasteiger charge is 2.04. The molecule has 0 radical (unpaired) electrons. The van der Waals surface area contributed by atoms with Gasteiger partial charge in [-0.3, -0.25) is 4.98 Å². The minimum absolute atomic E-state index is 0.360. The first-order chi connectivity index (χ1) is 8.19. The largest absolute Gasteiger partial charge is 0.456 e. The van der Waals surface area contributed by atoms with Gasteiger partial charge < -0.3 is 4.74 Å². The number of halogens is 2. The summed E-state index contributed by atoms with van der Waals surface area (Å²) in [6, 6.07) is 9.22. The lowest BCUT2D eigenvalue weighted by molar-refractivity contribution is 0.481. The van der Waals surface area contributed by atoms with E-state index >= 15 is 0 Å². The van der Waals surface area contributed by atoms with Crippen LogP contribution < -0.4 is 4.74 Å². The quantitative estimate of drug-likeness (QED) is 0.760. The van der Waals surface area contributed by atoms with Crippen LogP contribution >= 0.6 is 23.2 Å². The summed E-state index contributed by atoms with van der Waals surface area (Å²) in [7, 11) is 0. The average molecular weight is 268 g/mol. The number of hydrogen-bond donors (Lipinski definition) is 0. The number of hydrogen-bond acceptors (Lipinski definition) is 2. The summed E-state index contributed by atoms with van der Waals surface area (Å²) in [5, 5.41) is 0.592. The fraction of sp³-hybridized carbons (Fsp3) is 0.154. The molecule has 0 aliphatic heterocycles. The first-order valence-electron chi connectivity index (χ1n) is 5.14. The van der Waals surface area contributed by atoms with E-state index in [-0.39, 0.29) is 0 Å². The fourth-order valence-electron chi connectivity index (χ4n) is 1.41. The molecule has 2 rings (SSSR count). The van der Waals surface area contributed by atoms with Gasteiger partial charge in [-0.25, -0.2) is 0 Å². The van der Waals surface area contributed by atoms with Crippen LogP contribution in [0.1, 0.15) is 11.3 Å². The Labute approximate surface area is 110 Å². The zero-order valence-electron chi connectivity index (χ0n) is 9.28. The van der Waals surface area contributed by atoms with Crippen molar-refractivity contribution in [3.63, 3.8) is 0 Å². The van der Waals surface area contributed by atoms with E-state index in [1.807, 2.05) is 25.1 Å². The van der Waals surface area contributed by atoms with Gasteiger partial charge in [-0.15, -0.1) is 11.6 Å². The normalized spacial score (nSPS) is 10.3. The van der Waals surface area contributed by atoms with Crippen molar-refractivity contribution in [1.29, 1.82) is 0 Å². The highest BCUT2D eigenvalue weighted by atomic mass is 35.5. The van der Waals surface area contributed by atoms with Crippen LogP contribution in [0.2, 0.25) is 5.02 Å². The van der Waals surface area contributed by atoms with E-state index in [0.717, 1.165) is 11.3 Å². The molecule has 0 spiro atoms. The van der Waals surface area contributed by atoms with Crippen LogP contribution in [0.3, 0.4) is 0 Å². The molecular weight excluding hydrogens is 257 g/mol. The Bertz CT molecular complexity index is 529. The molecule has 4 heteroatoms. The van der Waals surface area contributed by atoms with Crippen LogP contribution in [0, 0.1) is 6.92 Å². The van der Waals surface area contributed by atoms with Crippen molar-refractivity contribution in [1.82, 2.24) is 4.98 Å². The molecule has 0 saturated heterocycles. The zero-order chi connectivity index (χ0) is 12.3. The van der Waals surface area contributed by atoms with Crippen LogP contribution in [-0.4, -0.2) is 4.98 Å². The molecule has 2 aromatic rings. The summed E-state index contributed by atoms with van der Waals surface area (Å²) in [6.07, 6.45) is 1.66. The predicted octanol–water partition coefficient (Wildman–Crippen LogP) is 4.57. The summed E-state index contributed by atoms with van der Waals surface area (Å²) >= 11 is 11.8. The van der Waals surface area contributed by atoms with E-state index in [1.165, 1.54) is 0 Å². The summed E-state index contributed by atoms with van der Waals surface area (Å²) < 4.78 is 5.68. The first kappa shape index (κ1) is 12.2. The molecule has 0 aliphatic carbocycles. The SMILES string of the molecule is Cc1ccc(Oc2ccnc(CCl)c2)c(Cl)c1. The zero-order valence-corrected chi connectivity index (χ0v) is 10.8. The van der Waals surface area contributed by atoms with E-state index in [1.54, 1.807) is 18.3 Å². The van der Waals surface area contributed by atoms with Crippen molar-refractivity contribution in [2.24, 2.45) is 0 Å². The molecule has 1 aromatic heterocycles. The van der Waals surface area contributed by atoms with Crippen LogP contribution in [0.5, 0.6) is 11.5 Å². The summed E-state index contributed by atoms with van der Waals surface area (Å²) in [5.74, 6) is 1.67. The number of ether oxygens (including phenoxy) is 1. The second-order valence-corrected chi connectivity index (χ2v) is 4.33. The van der Waals surface area contributed by atoms with Gasteiger partial charge in [0.15, 0.2) is 0 Å². The Kier molecular flexibility index (Phi) is 3.87. The Morgan fingerprint density at radius 1 is 1.24 bits per heavy atom. The van der Waals surface area contributed by atoms with Crippen LogP contribution in [0.25, 0.3) is 0 Å². The predicted molar refractivity (Wildman–Crippen MR) is 70.1 cm³/mol. The number of aromatic nitrogens is 1. The monoisotopic (exact) mass is 267 g/mol. The third-order valence-electron chi connectivity index (χ3n) is 2.24. The van der Waals surface area contributed by atoms with Gasteiger partial charge in [0.25, 0.3) is 0 Å². The Morgan fingerprint density at radius 3 is 2.76 bits per heavy atom. The molecule has 0 bridgehead atoms. The van der Waals surface area contributed by atoms with E-state index in [4.69, 9.17) is 27.9 Å². The molecule has 1 aromatic carbocycles. The van der Waals surface area contributed by atoms with Crippen molar-refractivity contribution in [2.75, 3.05) is 0 Å². The summed E-state index contributed by atoms with van der Waals surface area (Å²) in [6.45, 7) is 1.98. The van der Waals surface area contributed by atoms with Gasteiger partial charge >= 0.3 is 0 Å². The molecule has 0 unspecified atom stereocenters. The van der Waals surface area contributed by atoms with Gasteiger partial charge in [-0.1, -0.05) is 17.7 Å². The van der Waals surface area contributed by atoms with Crippen LogP contribution in [0.4, 0.5) is 0 Å². The molecule has 88 valence electrons. The van der Waals surface area contributed by atoms with Crippen LogP contribution in [-0.2, 0) is 5.88 Å². The molecule has 0 amide bonds. The molecule has 0 aliphatic rings. The second kappa shape index (κ2) is 5.39. The van der Waals surface area contributed by atoms with Crippen molar-refractivity contribution < 1.29 is 4.74 Å². The Balaban J connectivity index is 2.25. The Morgan fingerprint density at radius 2 is 2.06 bits per heavy atom. The maximum absolute atomic E-state index is 6.09. The topological polar surface area (TPSA) is 22.1 Å². The van der Waals surface area contributed by atoms with Gasteiger partial charge in [-0.2, -0.15) is 0 Å². The highest BCUT2D eigenvalue weighted by molar-refractivity contribution is 6.32. The van der Waals surface area contributed by atoms with Crippen molar-refractivity contribution in [3.05, 3.63) is 52.8 Å². The number of benzene rings is 1. The molecule has 1 heterocycles. The summed E-state index contributed by atoms with van der Waals surface area (Å²) in [4.78, 5) is 4.09. The van der Waals surface area contributed by atoms with E-state index in [2.05, 4.69) is 4.98 Å². The Hall–Kier alpha value is -1.25. The maximum Gasteiger partial charge on any atom is 0.146 e. The van der Waals surface area contributed by atoms with Gasteiger partial charge in [0.2, 0.25) is 0 Å². The van der Waals surface area contributed by atoms with Crippen molar-refractivity contribution >= 4 is 23.2 Å². The highest BCUT2D eigenvalue weighted by Crippen LogP contribution is 2.30. The third kappa shape index (κ3) is 3.11. The van der Waals surface area contributed by atoms with Gasteiger partial charge in [0.05, 0.1) is 16.6 Å². The minimum atomic E-state index is 0.360. The van der Waals surface area contributed by atoms with Crippen molar-refractivity contribution in [3.8, 4) is 11.5 Å². The van der Waals surface area contributed by atoms with Gasteiger partial charge in [-0.05, 0) is 30.7 Å². The average Bonchev–Trinajstić information content (AvgIpc) is 2.33. The smallest absolute Gasteiger partial charge is 0.146 e. The summed E-state index contributed by atoms with van der Waals surface area (Å²) in [5.41, 5.74) is 1.87. The first-order valence-corrected chi connectivity index (χ1v) is 6.05. The number of rotatable bonds is 3. The third-order valence-corrected chi connectivity index (χ3v) is 2.81. The lowest BCUT2D eigenvalue weighted by atomic mass is 10.2. The second-order valence-electron chi connectivity index (χ2n) is 3.65. The molecular formula is C13H11Cl2NO. The van der Waals surface area contributed by atoms with Crippen LogP contribution in [0.15, 0.2) is 36.5 Å². The molecule has 17 heavy (non-hydrogen) atoms. The molecule has 0 N–H and O–H groups in total. The fourth-order valence-corrected chi connectivity index (χ4v) is 1.83. The number of aryl methyl sites for hydroxylation is 1. The molecule has 0 fully saturated rings. The lowest BCUT2D eigenvalue weighted by Gasteiger charge is -2.08. The standard InChI is InChI=1S/C13H11Cl2NO/c1-9-2-3-13(12(15)6-9)17-11-4-5-16-10(7-11)8-14/h2-7H,8H2,1H3. The number of alkyl halides is 1. The molecule has 0 atom stereocenters. The number of nitrogens with zero attached hydrogens (tertiary/aromatic N) is 1. The maximum atomic E-state index is 6.09. The number of pyridine rings is 1. The minimum Gasteiger partial charge on any atom is -0.456 e. The molecule has 0 saturated carbocycles. The van der Waals surface area contributed by atoms with Gasteiger partial charge in [0, 0.05) is 12.3 Å². The molecule has 2 nitrogen and oxygen atoms in total. The van der Waals surface area contributed by atoms with E-state index in [9.17, 15) is 0 Å². The lowest BCUT2D eigenvalue weighted by Crippen LogP contribution is -1.89. The van der Waals surface area contributed by atoms with Gasteiger partial charge in [0.1, 0.15) is 11.5 Å². The van der Waals surface area contributed by atoms with Crippen molar-refractivity contribution in [2.45, 2.75) is 12.8 Å². The van der Waals surface area contributed by atoms with E-state index < -0.39 is 0 Å².